The number of anilines is 1. The van der Waals surface area contributed by atoms with Crippen LogP contribution in [0.15, 0.2) is 24.3 Å². The molecule has 0 fully saturated rings. The zero-order valence-corrected chi connectivity index (χ0v) is 16.0. The van der Waals surface area contributed by atoms with Crippen LogP contribution >= 0.6 is 11.3 Å². The maximum absolute atomic E-state index is 12.3. The van der Waals surface area contributed by atoms with E-state index in [0.29, 0.717) is 28.8 Å². The Morgan fingerprint density at radius 1 is 1.24 bits per heavy atom. The Kier molecular flexibility index (Phi) is 4.78. The van der Waals surface area contributed by atoms with Crippen LogP contribution < -0.4 is 5.32 Å². The predicted octanol–water partition coefficient (Wildman–Crippen LogP) is 4.60. The molecule has 1 N–H and O–H groups in total. The number of carbonyl (C=O) groups excluding carboxylic acids is 2. The minimum atomic E-state index is -0.102. The molecule has 2 aromatic rings. The Morgan fingerprint density at radius 3 is 2.56 bits per heavy atom. The molecule has 1 heterocycles. The number of thiazole rings is 1. The molecule has 132 valence electrons. The molecule has 0 aliphatic heterocycles. The summed E-state index contributed by atoms with van der Waals surface area (Å²) in [5.74, 6) is 0.509. The molecule has 0 unspecified atom stereocenters. The van der Waals surface area contributed by atoms with Gasteiger partial charge in [0.1, 0.15) is 0 Å². The molecule has 5 heteroatoms. The van der Waals surface area contributed by atoms with Gasteiger partial charge in [0.2, 0.25) is 5.91 Å². The summed E-state index contributed by atoms with van der Waals surface area (Å²) in [6, 6.07) is 8.12. The molecule has 0 atom stereocenters. The van der Waals surface area contributed by atoms with Gasteiger partial charge in [0.05, 0.1) is 17.0 Å². The first-order chi connectivity index (χ1) is 11.7. The number of nitrogens with zero attached hydrogens (tertiary/aromatic N) is 1. The highest BCUT2D eigenvalue weighted by Gasteiger charge is 2.34. The smallest absolute Gasteiger partial charge is 0.230 e. The van der Waals surface area contributed by atoms with Crippen molar-refractivity contribution in [2.24, 2.45) is 5.41 Å². The van der Waals surface area contributed by atoms with Crippen molar-refractivity contribution in [3.63, 3.8) is 0 Å². The Labute approximate surface area is 152 Å². The quantitative estimate of drug-likeness (QED) is 0.871. The van der Waals surface area contributed by atoms with Gasteiger partial charge in [-0.1, -0.05) is 63.3 Å². The van der Waals surface area contributed by atoms with Crippen LogP contribution in [-0.2, 0) is 17.6 Å². The van der Waals surface area contributed by atoms with E-state index < -0.39 is 0 Å². The number of carbonyl (C=O) groups is 2. The van der Waals surface area contributed by atoms with E-state index >= 15 is 0 Å². The van der Waals surface area contributed by atoms with E-state index in [4.69, 9.17) is 0 Å². The average molecular weight is 356 g/mol. The summed E-state index contributed by atoms with van der Waals surface area (Å²) < 4.78 is 0. The van der Waals surface area contributed by atoms with Crippen LogP contribution in [-0.4, -0.2) is 16.7 Å². The minimum absolute atomic E-state index is 0.0579. The number of Topliss-reactive ketones (excluding diaryl/α,β-unsaturated/α-hetero) is 1. The lowest BCUT2D eigenvalue weighted by Gasteiger charge is -2.26. The fourth-order valence-electron chi connectivity index (χ4n) is 3.14. The van der Waals surface area contributed by atoms with Gasteiger partial charge in [-0.05, 0) is 28.9 Å². The van der Waals surface area contributed by atoms with Crippen molar-refractivity contribution in [2.45, 2.75) is 52.9 Å². The molecule has 0 radical (unpaired) electrons. The van der Waals surface area contributed by atoms with Crippen molar-refractivity contribution >= 4 is 28.2 Å². The third kappa shape index (κ3) is 4.15. The van der Waals surface area contributed by atoms with E-state index in [1.165, 1.54) is 16.9 Å². The van der Waals surface area contributed by atoms with Crippen LogP contribution in [0.1, 0.15) is 66.5 Å². The van der Waals surface area contributed by atoms with Gasteiger partial charge in [0, 0.05) is 6.42 Å². The highest BCUT2D eigenvalue weighted by Crippen LogP contribution is 2.38. The van der Waals surface area contributed by atoms with E-state index in [1.807, 2.05) is 12.1 Å². The van der Waals surface area contributed by atoms with Gasteiger partial charge in [-0.2, -0.15) is 0 Å². The third-order valence-corrected chi connectivity index (χ3v) is 5.55. The van der Waals surface area contributed by atoms with E-state index in [0.717, 1.165) is 17.7 Å². The second-order valence-corrected chi connectivity index (χ2v) is 8.86. The highest BCUT2D eigenvalue weighted by molar-refractivity contribution is 7.17. The molecule has 0 saturated carbocycles. The standard InChI is InChI=1S/C20H24N2O2S/c1-12(2)14-7-5-13(6-8-14)9-17(24)22-19-21-15-10-20(3,4)11-16(23)18(15)25-19/h5-8,12H,9-11H2,1-4H3,(H,21,22,24). The minimum Gasteiger partial charge on any atom is -0.302 e. The molecule has 0 spiro atoms. The molecule has 1 amide bonds. The number of hydrogen-bond acceptors (Lipinski definition) is 4. The highest BCUT2D eigenvalue weighted by atomic mass is 32.1. The van der Waals surface area contributed by atoms with Crippen molar-refractivity contribution in [3.05, 3.63) is 46.0 Å². The SMILES string of the molecule is CC(C)c1ccc(CC(=O)Nc2nc3c(s2)C(=O)CC(C)(C)C3)cc1. The molecule has 0 saturated heterocycles. The van der Waals surface area contributed by atoms with E-state index in [1.54, 1.807) is 0 Å². The number of amides is 1. The maximum Gasteiger partial charge on any atom is 0.230 e. The molecule has 4 nitrogen and oxygen atoms in total. The van der Waals surface area contributed by atoms with E-state index in [2.05, 4.69) is 50.1 Å². The number of rotatable bonds is 4. The number of hydrogen-bond donors (Lipinski definition) is 1. The first-order valence-corrected chi connectivity index (χ1v) is 9.47. The lowest BCUT2D eigenvalue weighted by Crippen LogP contribution is -2.26. The summed E-state index contributed by atoms with van der Waals surface area (Å²) in [4.78, 5) is 29.7. The number of fused-ring (bicyclic) bond motifs is 1. The van der Waals surface area contributed by atoms with Gasteiger partial charge in [0.15, 0.2) is 10.9 Å². The summed E-state index contributed by atoms with van der Waals surface area (Å²) >= 11 is 1.30. The zero-order chi connectivity index (χ0) is 18.2. The molecule has 3 rings (SSSR count). The first kappa shape index (κ1) is 17.8. The molecular weight excluding hydrogens is 332 g/mol. The molecule has 1 aliphatic carbocycles. The van der Waals surface area contributed by atoms with E-state index in [-0.39, 0.29) is 17.1 Å². The van der Waals surface area contributed by atoms with Crippen molar-refractivity contribution in [1.82, 2.24) is 4.98 Å². The molecule has 1 aromatic carbocycles. The molecule has 0 bridgehead atoms. The summed E-state index contributed by atoms with van der Waals surface area (Å²) in [6.07, 6.45) is 1.62. The van der Waals surface area contributed by atoms with Crippen LogP contribution in [0.4, 0.5) is 5.13 Å². The van der Waals surface area contributed by atoms with Gasteiger partial charge in [-0.25, -0.2) is 4.98 Å². The second-order valence-electron chi connectivity index (χ2n) is 7.86. The zero-order valence-electron chi connectivity index (χ0n) is 15.2. The largest absolute Gasteiger partial charge is 0.302 e. The number of ketones is 1. The fourth-order valence-corrected chi connectivity index (χ4v) is 4.08. The Bertz CT molecular complexity index is 804. The maximum atomic E-state index is 12.3. The van der Waals surface area contributed by atoms with Gasteiger partial charge < -0.3 is 5.32 Å². The average Bonchev–Trinajstić information content (AvgIpc) is 2.88. The van der Waals surface area contributed by atoms with Crippen LogP contribution in [0.3, 0.4) is 0 Å². The lowest BCUT2D eigenvalue weighted by molar-refractivity contribution is -0.115. The third-order valence-electron chi connectivity index (χ3n) is 4.49. The topological polar surface area (TPSA) is 59.1 Å². The lowest BCUT2D eigenvalue weighted by atomic mass is 9.78. The first-order valence-electron chi connectivity index (χ1n) is 8.65. The number of benzene rings is 1. The molecule has 1 aromatic heterocycles. The van der Waals surface area contributed by atoms with Crippen molar-refractivity contribution in [2.75, 3.05) is 5.32 Å². The van der Waals surface area contributed by atoms with Crippen LogP contribution in [0, 0.1) is 5.41 Å². The number of nitrogens with one attached hydrogen (secondary N) is 1. The summed E-state index contributed by atoms with van der Waals surface area (Å²) in [5, 5.41) is 3.38. The Morgan fingerprint density at radius 2 is 1.92 bits per heavy atom. The molecule has 1 aliphatic rings. The van der Waals surface area contributed by atoms with Crippen LogP contribution in [0.5, 0.6) is 0 Å². The van der Waals surface area contributed by atoms with Gasteiger partial charge >= 0.3 is 0 Å². The summed E-state index contributed by atoms with van der Waals surface area (Å²) in [5.41, 5.74) is 3.00. The molecular formula is C20H24N2O2S. The van der Waals surface area contributed by atoms with Gasteiger partial charge in [0.25, 0.3) is 0 Å². The van der Waals surface area contributed by atoms with Crippen molar-refractivity contribution in [1.29, 1.82) is 0 Å². The van der Waals surface area contributed by atoms with E-state index in [9.17, 15) is 9.59 Å². The second kappa shape index (κ2) is 6.71. The monoisotopic (exact) mass is 356 g/mol. The fraction of sp³-hybridized carbons (Fsp3) is 0.450. The summed E-state index contributed by atoms with van der Waals surface area (Å²) in [6.45, 7) is 8.45. The van der Waals surface area contributed by atoms with Gasteiger partial charge in [-0.3, -0.25) is 9.59 Å². The number of aromatic nitrogens is 1. The van der Waals surface area contributed by atoms with Crippen molar-refractivity contribution in [3.8, 4) is 0 Å². The normalized spacial score (nSPS) is 16.0. The Hall–Kier alpha value is -2.01. The van der Waals surface area contributed by atoms with Crippen molar-refractivity contribution < 1.29 is 9.59 Å². The Balaban J connectivity index is 1.67. The predicted molar refractivity (Wildman–Crippen MR) is 101 cm³/mol. The van der Waals surface area contributed by atoms with Crippen LogP contribution in [0.2, 0.25) is 0 Å². The van der Waals surface area contributed by atoms with Gasteiger partial charge in [-0.15, -0.1) is 0 Å². The summed E-state index contributed by atoms with van der Waals surface area (Å²) in [7, 11) is 0. The molecule has 25 heavy (non-hydrogen) atoms. The van der Waals surface area contributed by atoms with Crippen LogP contribution in [0.25, 0.3) is 0 Å².